The summed E-state index contributed by atoms with van der Waals surface area (Å²) >= 11 is 0. The van der Waals surface area contributed by atoms with Crippen LogP contribution in [0.15, 0.2) is 0 Å². The van der Waals surface area contributed by atoms with Crippen LogP contribution in [0.3, 0.4) is 0 Å². The number of nitrogens with one attached hydrogen (secondary N) is 1. The number of carboxylic acid groups (broad SMARTS) is 1. The lowest BCUT2D eigenvalue weighted by Crippen LogP contribution is -2.57. The van der Waals surface area contributed by atoms with E-state index in [1.807, 2.05) is 6.92 Å². The summed E-state index contributed by atoms with van der Waals surface area (Å²) in [6, 6.07) is -0.886. The summed E-state index contributed by atoms with van der Waals surface area (Å²) in [5, 5.41) is 11.2. The van der Waals surface area contributed by atoms with E-state index in [0.29, 0.717) is 19.6 Å². The molecule has 1 aliphatic heterocycles. The van der Waals surface area contributed by atoms with Crippen LogP contribution >= 0.6 is 0 Å². The van der Waals surface area contributed by atoms with Gasteiger partial charge in [0, 0.05) is 32.6 Å². The van der Waals surface area contributed by atoms with Gasteiger partial charge >= 0.3 is 12.0 Å². The number of hydrogen-bond acceptors (Lipinski definition) is 3. The Balaban J connectivity index is 2.33. The molecule has 1 unspecified atom stereocenters. The topological polar surface area (TPSA) is 90.0 Å². The van der Waals surface area contributed by atoms with E-state index in [1.165, 1.54) is 9.80 Å². The van der Waals surface area contributed by atoms with Gasteiger partial charge in [0.2, 0.25) is 5.91 Å². The number of rotatable bonds is 5. The molecule has 1 atom stereocenters. The fourth-order valence-corrected chi connectivity index (χ4v) is 1.94. The summed E-state index contributed by atoms with van der Waals surface area (Å²) in [7, 11) is 1.68. The maximum absolute atomic E-state index is 11.8. The van der Waals surface area contributed by atoms with Gasteiger partial charge in [0.05, 0.1) is 6.42 Å². The fraction of sp³-hybridized carbons (Fsp3) is 0.750. The summed E-state index contributed by atoms with van der Waals surface area (Å²) in [6.07, 6.45) is 0.0802. The number of amides is 3. The lowest BCUT2D eigenvalue weighted by molar-refractivity contribution is -0.139. The Bertz CT molecular complexity index is 366. The molecule has 1 fully saturated rings. The largest absolute Gasteiger partial charge is 0.481 e. The average Bonchev–Trinajstić information content (AvgIpc) is 2.30. The first-order chi connectivity index (χ1) is 8.85. The van der Waals surface area contributed by atoms with Crippen molar-refractivity contribution in [2.45, 2.75) is 26.3 Å². The molecule has 0 radical (unpaired) electrons. The number of urea groups is 1. The maximum Gasteiger partial charge on any atom is 0.318 e. The number of likely N-dealkylation sites (N-methyl/N-ethyl adjacent to an activating group) is 1. The van der Waals surface area contributed by atoms with E-state index in [2.05, 4.69) is 5.32 Å². The van der Waals surface area contributed by atoms with Crippen LogP contribution in [-0.4, -0.2) is 65.5 Å². The van der Waals surface area contributed by atoms with Crippen molar-refractivity contribution in [3.8, 4) is 0 Å². The van der Waals surface area contributed by atoms with Gasteiger partial charge in [-0.25, -0.2) is 4.79 Å². The van der Waals surface area contributed by atoms with Gasteiger partial charge < -0.3 is 20.2 Å². The third-order valence-electron chi connectivity index (χ3n) is 3.27. The van der Waals surface area contributed by atoms with E-state index in [4.69, 9.17) is 5.11 Å². The van der Waals surface area contributed by atoms with Crippen LogP contribution in [0, 0.1) is 5.92 Å². The van der Waals surface area contributed by atoms with Crippen molar-refractivity contribution in [3.63, 3.8) is 0 Å². The summed E-state index contributed by atoms with van der Waals surface area (Å²) in [6.45, 7) is 4.95. The van der Waals surface area contributed by atoms with Crippen molar-refractivity contribution in [1.29, 1.82) is 0 Å². The number of carbonyl (C=O) groups excluding carboxylic acids is 2. The normalized spacial score (nSPS) is 16.5. The van der Waals surface area contributed by atoms with Crippen molar-refractivity contribution in [3.05, 3.63) is 0 Å². The van der Waals surface area contributed by atoms with E-state index in [1.54, 1.807) is 14.0 Å². The molecule has 0 aromatic carbocycles. The Labute approximate surface area is 112 Å². The van der Waals surface area contributed by atoms with E-state index in [-0.39, 0.29) is 24.3 Å². The minimum Gasteiger partial charge on any atom is -0.481 e. The first-order valence-corrected chi connectivity index (χ1v) is 6.37. The smallest absolute Gasteiger partial charge is 0.318 e. The average molecular weight is 271 g/mol. The SMILES string of the molecule is CCN(C)C(=O)C(C)NC(=O)N1CC(CC(=O)O)C1. The van der Waals surface area contributed by atoms with Crippen LogP contribution in [0.5, 0.6) is 0 Å². The number of likely N-dealkylation sites (tertiary alicyclic amines) is 1. The predicted octanol–water partition coefficient (Wildman–Crippen LogP) is -0.0307. The number of aliphatic carboxylic acids is 1. The zero-order valence-corrected chi connectivity index (χ0v) is 11.5. The van der Waals surface area contributed by atoms with E-state index in [9.17, 15) is 14.4 Å². The maximum atomic E-state index is 11.8. The molecule has 0 aromatic rings. The first-order valence-electron chi connectivity index (χ1n) is 6.37. The quantitative estimate of drug-likeness (QED) is 0.734. The van der Waals surface area contributed by atoms with Crippen molar-refractivity contribution in [2.75, 3.05) is 26.7 Å². The van der Waals surface area contributed by atoms with Crippen molar-refractivity contribution in [1.82, 2.24) is 15.1 Å². The molecule has 108 valence electrons. The van der Waals surface area contributed by atoms with E-state index >= 15 is 0 Å². The molecule has 19 heavy (non-hydrogen) atoms. The number of carboxylic acids is 1. The van der Waals surface area contributed by atoms with Crippen LogP contribution in [-0.2, 0) is 9.59 Å². The Morgan fingerprint density at radius 2 is 2.00 bits per heavy atom. The second kappa shape index (κ2) is 6.40. The Hall–Kier alpha value is -1.79. The van der Waals surface area contributed by atoms with Gasteiger partial charge in [0.25, 0.3) is 0 Å². The predicted molar refractivity (Wildman–Crippen MR) is 68.6 cm³/mol. The molecule has 1 saturated heterocycles. The molecule has 1 rings (SSSR count). The second-order valence-electron chi connectivity index (χ2n) is 4.89. The lowest BCUT2D eigenvalue weighted by Gasteiger charge is -2.39. The third-order valence-corrected chi connectivity index (χ3v) is 3.27. The van der Waals surface area contributed by atoms with Gasteiger partial charge in [-0.3, -0.25) is 9.59 Å². The first kappa shape index (κ1) is 15.3. The molecule has 3 amide bonds. The Morgan fingerprint density at radius 1 is 1.42 bits per heavy atom. The van der Waals surface area contributed by atoms with Gasteiger partial charge in [-0.2, -0.15) is 0 Å². The molecule has 1 aliphatic rings. The molecule has 0 bridgehead atoms. The van der Waals surface area contributed by atoms with Gasteiger partial charge in [0.15, 0.2) is 0 Å². The summed E-state index contributed by atoms with van der Waals surface area (Å²) in [5.74, 6) is -0.968. The fourth-order valence-electron chi connectivity index (χ4n) is 1.94. The molecule has 0 aromatic heterocycles. The van der Waals surface area contributed by atoms with Crippen LogP contribution in [0.4, 0.5) is 4.79 Å². The van der Waals surface area contributed by atoms with Crippen molar-refractivity contribution in [2.24, 2.45) is 5.92 Å². The highest BCUT2D eigenvalue weighted by Crippen LogP contribution is 2.18. The summed E-state index contributed by atoms with van der Waals surface area (Å²) < 4.78 is 0. The highest BCUT2D eigenvalue weighted by atomic mass is 16.4. The minimum absolute atomic E-state index is 0.0209. The summed E-state index contributed by atoms with van der Waals surface area (Å²) in [4.78, 5) is 37.1. The van der Waals surface area contributed by atoms with Crippen LogP contribution < -0.4 is 5.32 Å². The monoisotopic (exact) mass is 271 g/mol. The minimum atomic E-state index is -0.849. The molecule has 0 saturated carbocycles. The van der Waals surface area contributed by atoms with Gasteiger partial charge in [-0.1, -0.05) is 0 Å². The van der Waals surface area contributed by atoms with Crippen molar-refractivity contribution >= 4 is 17.9 Å². The highest BCUT2D eigenvalue weighted by Gasteiger charge is 2.33. The molecule has 0 spiro atoms. The standard InChI is InChI=1S/C12H21N3O4/c1-4-14(3)11(18)8(2)13-12(19)15-6-9(7-15)5-10(16)17/h8-9H,4-7H2,1-3H3,(H,13,19)(H,16,17). The Morgan fingerprint density at radius 3 is 2.47 bits per heavy atom. The molecule has 1 heterocycles. The van der Waals surface area contributed by atoms with Gasteiger partial charge in [-0.15, -0.1) is 0 Å². The number of nitrogens with zero attached hydrogens (tertiary/aromatic N) is 2. The molecular weight excluding hydrogens is 250 g/mol. The zero-order valence-electron chi connectivity index (χ0n) is 11.5. The highest BCUT2D eigenvalue weighted by molar-refractivity contribution is 5.86. The molecular formula is C12H21N3O4. The van der Waals surface area contributed by atoms with Gasteiger partial charge in [0.1, 0.15) is 6.04 Å². The second-order valence-corrected chi connectivity index (χ2v) is 4.89. The lowest BCUT2D eigenvalue weighted by atomic mass is 9.97. The van der Waals surface area contributed by atoms with Gasteiger partial charge in [-0.05, 0) is 13.8 Å². The Kier molecular flexibility index (Phi) is 5.14. The zero-order chi connectivity index (χ0) is 14.6. The van der Waals surface area contributed by atoms with Crippen LogP contribution in [0.2, 0.25) is 0 Å². The van der Waals surface area contributed by atoms with E-state index < -0.39 is 12.0 Å². The molecule has 7 nitrogen and oxygen atoms in total. The van der Waals surface area contributed by atoms with Crippen molar-refractivity contribution < 1.29 is 19.5 Å². The number of carbonyl (C=O) groups is 3. The third kappa shape index (κ3) is 4.11. The summed E-state index contributed by atoms with van der Waals surface area (Å²) in [5.41, 5.74) is 0. The molecule has 0 aliphatic carbocycles. The molecule has 2 N–H and O–H groups in total. The van der Waals surface area contributed by atoms with E-state index in [0.717, 1.165) is 0 Å². The molecule has 7 heteroatoms. The van der Waals surface area contributed by atoms with Crippen LogP contribution in [0.1, 0.15) is 20.3 Å². The number of hydrogen-bond donors (Lipinski definition) is 2. The van der Waals surface area contributed by atoms with Crippen LogP contribution in [0.25, 0.3) is 0 Å².